The van der Waals surface area contributed by atoms with Gasteiger partial charge >= 0.3 is 0 Å². The first-order chi connectivity index (χ1) is 8.31. The fraction of sp³-hybridized carbons (Fsp3) is 0.312. The largest absolute Gasteiger partial charge is 0.239 e. The van der Waals surface area contributed by atoms with Gasteiger partial charge in [-0.3, -0.25) is 0 Å². The maximum Gasteiger partial charge on any atom is 0.116 e. The monoisotopic (exact) mass is 223 g/mol. The normalized spacial score (nSPS) is 10.0. The number of hydrogen-bond acceptors (Lipinski definition) is 1. The number of rotatable bonds is 2. The van der Waals surface area contributed by atoms with Gasteiger partial charge in [-0.05, 0) is 37.0 Å². The standard InChI is InChI=1S/C16H17N/c1-3-4-5-6-10-15-13(2)12-14-9-7-8-11-16(14)17-15/h7-9,11-12H,3-5H2,1-2H3. The van der Waals surface area contributed by atoms with E-state index in [4.69, 9.17) is 0 Å². The minimum Gasteiger partial charge on any atom is -0.239 e. The molecular formula is C16H17N. The number of hydrogen-bond donors (Lipinski definition) is 0. The summed E-state index contributed by atoms with van der Waals surface area (Å²) in [6, 6.07) is 10.3. The Morgan fingerprint density at radius 3 is 2.88 bits per heavy atom. The van der Waals surface area contributed by atoms with Crippen molar-refractivity contribution in [2.75, 3.05) is 0 Å². The highest BCUT2D eigenvalue weighted by Crippen LogP contribution is 2.15. The first-order valence-electron chi connectivity index (χ1n) is 6.16. The van der Waals surface area contributed by atoms with Crippen molar-refractivity contribution in [3.63, 3.8) is 0 Å². The van der Waals surface area contributed by atoms with Gasteiger partial charge in [-0.15, -0.1) is 0 Å². The first kappa shape index (κ1) is 11.7. The fourth-order valence-electron chi connectivity index (χ4n) is 1.76. The van der Waals surface area contributed by atoms with E-state index in [0.29, 0.717) is 0 Å². The molecule has 1 aromatic heterocycles. The minimum absolute atomic E-state index is 0.916. The zero-order chi connectivity index (χ0) is 12.1. The number of pyridine rings is 1. The lowest BCUT2D eigenvalue weighted by atomic mass is 10.1. The third-order valence-corrected chi connectivity index (χ3v) is 2.78. The molecule has 0 bridgehead atoms. The Bertz CT molecular complexity index is 573. The number of aryl methyl sites for hydroxylation is 1. The average molecular weight is 223 g/mol. The van der Waals surface area contributed by atoms with E-state index in [2.05, 4.69) is 42.8 Å². The quantitative estimate of drug-likeness (QED) is 0.552. The van der Waals surface area contributed by atoms with Crippen molar-refractivity contribution in [1.29, 1.82) is 0 Å². The van der Waals surface area contributed by atoms with E-state index < -0.39 is 0 Å². The van der Waals surface area contributed by atoms with E-state index in [-0.39, 0.29) is 0 Å². The molecule has 86 valence electrons. The Balaban J connectivity index is 2.33. The Morgan fingerprint density at radius 1 is 1.24 bits per heavy atom. The van der Waals surface area contributed by atoms with E-state index in [1.807, 2.05) is 18.2 Å². The van der Waals surface area contributed by atoms with Crippen molar-refractivity contribution in [2.45, 2.75) is 33.1 Å². The van der Waals surface area contributed by atoms with Gasteiger partial charge in [0, 0.05) is 11.8 Å². The maximum atomic E-state index is 4.60. The first-order valence-corrected chi connectivity index (χ1v) is 6.16. The van der Waals surface area contributed by atoms with Crippen molar-refractivity contribution in [3.05, 3.63) is 41.6 Å². The average Bonchev–Trinajstić information content (AvgIpc) is 2.35. The number of aromatic nitrogens is 1. The SMILES string of the molecule is CCCCC#Cc1nc2ccccc2cc1C. The molecule has 1 aromatic carbocycles. The molecule has 0 aliphatic carbocycles. The molecule has 0 amide bonds. The molecular weight excluding hydrogens is 206 g/mol. The molecule has 2 rings (SSSR count). The van der Waals surface area contributed by atoms with Crippen LogP contribution in [0, 0.1) is 18.8 Å². The number of nitrogens with zero attached hydrogens (tertiary/aromatic N) is 1. The van der Waals surface area contributed by atoms with Crippen LogP contribution in [0.2, 0.25) is 0 Å². The lowest BCUT2D eigenvalue weighted by molar-refractivity contribution is 0.828. The number of para-hydroxylation sites is 1. The summed E-state index contributed by atoms with van der Waals surface area (Å²) in [5, 5.41) is 1.18. The second-order valence-corrected chi connectivity index (χ2v) is 4.25. The number of fused-ring (bicyclic) bond motifs is 1. The maximum absolute atomic E-state index is 4.60. The van der Waals surface area contributed by atoms with Crippen LogP contribution in [0.15, 0.2) is 30.3 Å². The van der Waals surface area contributed by atoms with Crippen LogP contribution in [0.1, 0.15) is 37.4 Å². The molecule has 0 fully saturated rings. The molecule has 1 heteroatoms. The van der Waals surface area contributed by atoms with Gasteiger partial charge in [-0.2, -0.15) is 0 Å². The van der Waals surface area contributed by atoms with Crippen LogP contribution < -0.4 is 0 Å². The second kappa shape index (κ2) is 5.50. The van der Waals surface area contributed by atoms with E-state index in [1.165, 1.54) is 18.2 Å². The van der Waals surface area contributed by atoms with Gasteiger partial charge in [0.2, 0.25) is 0 Å². The van der Waals surface area contributed by atoms with E-state index in [1.54, 1.807) is 0 Å². The van der Waals surface area contributed by atoms with Crippen molar-refractivity contribution in [3.8, 4) is 11.8 Å². The van der Waals surface area contributed by atoms with Crippen LogP contribution >= 0.6 is 0 Å². The van der Waals surface area contributed by atoms with E-state index >= 15 is 0 Å². The van der Waals surface area contributed by atoms with Crippen LogP contribution in [0.4, 0.5) is 0 Å². The summed E-state index contributed by atoms with van der Waals surface area (Å²) < 4.78 is 0. The zero-order valence-corrected chi connectivity index (χ0v) is 10.5. The molecule has 1 nitrogen and oxygen atoms in total. The summed E-state index contributed by atoms with van der Waals surface area (Å²) in [4.78, 5) is 4.60. The van der Waals surface area contributed by atoms with Gasteiger partial charge in [0.1, 0.15) is 5.69 Å². The summed E-state index contributed by atoms with van der Waals surface area (Å²) in [6.45, 7) is 4.25. The highest BCUT2D eigenvalue weighted by atomic mass is 14.7. The smallest absolute Gasteiger partial charge is 0.116 e. The van der Waals surface area contributed by atoms with Crippen molar-refractivity contribution < 1.29 is 0 Å². The van der Waals surface area contributed by atoms with E-state index in [0.717, 1.165) is 23.2 Å². The lowest BCUT2D eigenvalue weighted by Crippen LogP contribution is -1.89. The molecule has 0 aliphatic rings. The zero-order valence-electron chi connectivity index (χ0n) is 10.5. The number of unbranched alkanes of at least 4 members (excludes halogenated alkanes) is 2. The molecule has 0 atom stereocenters. The second-order valence-electron chi connectivity index (χ2n) is 4.25. The van der Waals surface area contributed by atoms with Crippen LogP contribution in [0.25, 0.3) is 10.9 Å². The summed E-state index contributed by atoms with van der Waals surface area (Å²) in [5.74, 6) is 6.37. The topological polar surface area (TPSA) is 12.9 Å². The molecule has 0 aliphatic heterocycles. The van der Waals surface area contributed by atoms with Crippen LogP contribution in [-0.4, -0.2) is 4.98 Å². The van der Waals surface area contributed by atoms with Gasteiger partial charge in [0.15, 0.2) is 0 Å². The molecule has 1 heterocycles. The highest BCUT2D eigenvalue weighted by molar-refractivity contribution is 5.79. The van der Waals surface area contributed by atoms with Crippen LogP contribution in [-0.2, 0) is 0 Å². The molecule has 0 unspecified atom stereocenters. The van der Waals surface area contributed by atoms with Crippen LogP contribution in [0.3, 0.4) is 0 Å². The van der Waals surface area contributed by atoms with Crippen molar-refractivity contribution in [2.24, 2.45) is 0 Å². The molecule has 0 spiro atoms. The molecule has 0 radical (unpaired) electrons. The van der Waals surface area contributed by atoms with Gasteiger partial charge in [-0.25, -0.2) is 4.98 Å². The van der Waals surface area contributed by atoms with Gasteiger partial charge < -0.3 is 0 Å². The third-order valence-electron chi connectivity index (χ3n) is 2.78. The molecule has 2 aromatic rings. The Morgan fingerprint density at radius 2 is 2.06 bits per heavy atom. The Hall–Kier alpha value is -1.81. The Labute approximate surface area is 103 Å². The van der Waals surface area contributed by atoms with Crippen LogP contribution in [0.5, 0.6) is 0 Å². The lowest BCUT2D eigenvalue weighted by Gasteiger charge is -2.01. The van der Waals surface area contributed by atoms with Gasteiger partial charge in [-0.1, -0.05) is 37.5 Å². The number of benzene rings is 1. The Kier molecular flexibility index (Phi) is 3.77. The van der Waals surface area contributed by atoms with E-state index in [9.17, 15) is 0 Å². The summed E-state index contributed by atoms with van der Waals surface area (Å²) in [6.07, 6.45) is 3.32. The molecule has 0 N–H and O–H groups in total. The highest BCUT2D eigenvalue weighted by Gasteiger charge is 1.99. The van der Waals surface area contributed by atoms with Gasteiger partial charge in [0.25, 0.3) is 0 Å². The molecule has 17 heavy (non-hydrogen) atoms. The third kappa shape index (κ3) is 2.85. The van der Waals surface area contributed by atoms with Crippen molar-refractivity contribution in [1.82, 2.24) is 4.98 Å². The predicted molar refractivity (Wildman–Crippen MR) is 72.9 cm³/mol. The fourth-order valence-corrected chi connectivity index (χ4v) is 1.76. The van der Waals surface area contributed by atoms with Gasteiger partial charge in [0.05, 0.1) is 5.52 Å². The summed E-state index contributed by atoms with van der Waals surface area (Å²) in [7, 11) is 0. The van der Waals surface area contributed by atoms with Crippen molar-refractivity contribution >= 4 is 10.9 Å². The predicted octanol–water partition coefficient (Wildman–Crippen LogP) is 4.08. The summed E-state index contributed by atoms with van der Waals surface area (Å²) >= 11 is 0. The minimum atomic E-state index is 0.916. The molecule has 0 saturated carbocycles. The summed E-state index contributed by atoms with van der Waals surface area (Å²) in [5.41, 5.74) is 3.10. The molecule has 0 saturated heterocycles.